The second kappa shape index (κ2) is 7.41. The van der Waals surface area contributed by atoms with E-state index in [-0.39, 0.29) is 29.7 Å². The number of carbonyl (C=O) groups excluding carboxylic acids is 1. The van der Waals surface area contributed by atoms with E-state index in [4.69, 9.17) is 10.5 Å². The maximum atomic E-state index is 14.7. The van der Waals surface area contributed by atoms with E-state index >= 15 is 0 Å². The number of ketones is 1. The molecule has 1 aromatic heterocycles. The zero-order valence-electron chi connectivity index (χ0n) is 16.6. The SMILES string of the molecule is CC(C)c1cccnc1C(=O)Cc1ccc(F)c([C@@]2(C(F)F)N=C(N)O[C@@H]3C[C@@H]32)c1. The highest BCUT2D eigenvalue weighted by molar-refractivity contribution is 5.97. The minimum atomic E-state index is -2.97. The Balaban J connectivity index is 1.71. The van der Waals surface area contributed by atoms with Crippen molar-refractivity contribution >= 4 is 11.8 Å². The third-order valence-electron chi connectivity index (χ3n) is 5.75. The van der Waals surface area contributed by atoms with Gasteiger partial charge in [0.1, 0.15) is 17.6 Å². The average molecular weight is 417 g/mol. The quantitative estimate of drug-likeness (QED) is 0.722. The lowest BCUT2D eigenvalue weighted by molar-refractivity contribution is 0.0176. The molecule has 0 amide bonds. The number of amidine groups is 1. The third kappa shape index (κ3) is 3.34. The maximum absolute atomic E-state index is 14.7. The Kier molecular flexibility index (Phi) is 5.03. The number of pyridine rings is 1. The lowest BCUT2D eigenvalue weighted by Crippen LogP contribution is -2.43. The Morgan fingerprint density at radius 3 is 2.80 bits per heavy atom. The van der Waals surface area contributed by atoms with Crippen molar-refractivity contribution in [3.05, 3.63) is 64.7 Å². The van der Waals surface area contributed by atoms with Crippen LogP contribution in [0.4, 0.5) is 13.2 Å². The summed E-state index contributed by atoms with van der Waals surface area (Å²) < 4.78 is 48.4. The first-order chi connectivity index (χ1) is 14.2. The summed E-state index contributed by atoms with van der Waals surface area (Å²) in [6.07, 6.45) is -1.70. The Bertz CT molecular complexity index is 1020. The highest BCUT2D eigenvalue weighted by Gasteiger charge is 2.64. The number of hydrogen-bond acceptors (Lipinski definition) is 5. The lowest BCUT2D eigenvalue weighted by Gasteiger charge is -2.33. The van der Waals surface area contributed by atoms with Crippen LogP contribution in [0.2, 0.25) is 0 Å². The van der Waals surface area contributed by atoms with Gasteiger partial charge in [0.2, 0.25) is 0 Å². The second-order valence-electron chi connectivity index (χ2n) is 8.08. The van der Waals surface area contributed by atoms with Gasteiger partial charge in [0.25, 0.3) is 12.4 Å². The number of ether oxygens (including phenoxy) is 1. The van der Waals surface area contributed by atoms with Gasteiger partial charge in [0, 0.05) is 24.1 Å². The number of carbonyl (C=O) groups is 1. The topological polar surface area (TPSA) is 77.6 Å². The first kappa shape index (κ1) is 20.4. The van der Waals surface area contributed by atoms with Gasteiger partial charge in [0.05, 0.1) is 0 Å². The van der Waals surface area contributed by atoms with Crippen LogP contribution in [-0.4, -0.2) is 29.3 Å². The van der Waals surface area contributed by atoms with E-state index in [9.17, 15) is 18.0 Å². The van der Waals surface area contributed by atoms with Gasteiger partial charge in [-0.3, -0.25) is 9.78 Å². The summed E-state index contributed by atoms with van der Waals surface area (Å²) >= 11 is 0. The zero-order chi connectivity index (χ0) is 21.6. The van der Waals surface area contributed by atoms with Crippen molar-refractivity contribution in [2.24, 2.45) is 16.6 Å². The van der Waals surface area contributed by atoms with E-state index in [1.165, 1.54) is 18.3 Å². The largest absolute Gasteiger partial charge is 0.462 e. The maximum Gasteiger partial charge on any atom is 0.283 e. The predicted octanol–water partition coefficient (Wildman–Crippen LogP) is 3.96. The van der Waals surface area contributed by atoms with Crippen LogP contribution in [0.25, 0.3) is 0 Å². The zero-order valence-corrected chi connectivity index (χ0v) is 16.6. The molecular formula is C22H22F3N3O2. The molecule has 158 valence electrons. The highest BCUT2D eigenvalue weighted by atomic mass is 19.3. The number of alkyl halides is 2. The summed E-state index contributed by atoms with van der Waals surface area (Å²) in [5.74, 6) is -1.64. The van der Waals surface area contributed by atoms with Gasteiger partial charge in [0.15, 0.2) is 11.3 Å². The van der Waals surface area contributed by atoms with Crippen molar-refractivity contribution in [1.29, 1.82) is 0 Å². The molecule has 0 saturated heterocycles. The van der Waals surface area contributed by atoms with Crippen molar-refractivity contribution in [2.75, 3.05) is 0 Å². The van der Waals surface area contributed by atoms with Crippen LogP contribution in [0.1, 0.15) is 53.4 Å². The third-order valence-corrected chi connectivity index (χ3v) is 5.75. The number of halogens is 3. The molecule has 0 spiro atoms. The summed E-state index contributed by atoms with van der Waals surface area (Å²) in [6.45, 7) is 3.91. The molecule has 2 aromatic rings. The number of aliphatic imine (C=N–C) groups is 1. The number of nitrogens with zero attached hydrogens (tertiary/aromatic N) is 2. The van der Waals surface area contributed by atoms with Gasteiger partial charge in [-0.1, -0.05) is 26.0 Å². The van der Waals surface area contributed by atoms with Crippen molar-refractivity contribution in [3.8, 4) is 0 Å². The summed E-state index contributed by atoms with van der Waals surface area (Å²) in [5, 5.41) is 0. The normalized spacial score (nSPS) is 25.0. The average Bonchev–Trinajstić information content (AvgIpc) is 3.48. The van der Waals surface area contributed by atoms with Crippen LogP contribution in [0.15, 0.2) is 41.5 Å². The predicted molar refractivity (Wildman–Crippen MR) is 105 cm³/mol. The fraction of sp³-hybridized carbons (Fsp3) is 0.409. The van der Waals surface area contributed by atoms with Crippen molar-refractivity contribution in [1.82, 2.24) is 4.98 Å². The number of benzene rings is 1. The molecule has 8 heteroatoms. The molecule has 2 aliphatic rings. The van der Waals surface area contributed by atoms with Crippen LogP contribution in [0.3, 0.4) is 0 Å². The summed E-state index contributed by atoms with van der Waals surface area (Å²) in [5.41, 5.74) is 4.78. The monoisotopic (exact) mass is 417 g/mol. The summed E-state index contributed by atoms with van der Waals surface area (Å²) in [6, 6.07) is 7.04. The van der Waals surface area contributed by atoms with E-state index in [1.807, 2.05) is 19.9 Å². The molecule has 3 atom stereocenters. The molecule has 2 N–H and O–H groups in total. The molecule has 1 fully saturated rings. The van der Waals surface area contributed by atoms with Gasteiger partial charge in [-0.15, -0.1) is 0 Å². The fourth-order valence-electron chi connectivity index (χ4n) is 4.17. The van der Waals surface area contributed by atoms with Gasteiger partial charge in [-0.25, -0.2) is 18.2 Å². The number of fused-ring (bicyclic) bond motifs is 1. The van der Waals surface area contributed by atoms with Crippen molar-refractivity contribution in [2.45, 2.75) is 50.7 Å². The standard InChI is InChI=1S/C22H22F3N3O2/c1-11(2)13-4-3-7-27-19(13)17(29)9-12-5-6-16(23)14(8-12)22(20(24)25)15-10-18(15)30-21(26)28-22/h3-8,11,15,18,20H,9-10H2,1-2H3,(H2,26,28)/t15-,18+,22+/m0/s1. The van der Waals surface area contributed by atoms with Crippen LogP contribution in [0, 0.1) is 11.7 Å². The second-order valence-corrected chi connectivity index (χ2v) is 8.08. The van der Waals surface area contributed by atoms with E-state index in [2.05, 4.69) is 9.98 Å². The number of aromatic nitrogens is 1. The van der Waals surface area contributed by atoms with E-state index in [1.54, 1.807) is 6.07 Å². The van der Waals surface area contributed by atoms with Gasteiger partial charge in [-0.05, 0) is 41.7 Å². The van der Waals surface area contributed by atoms with Gasteiger partial charge >= 0.3 is 0 Å². The highest BCUT2D eigenvalue weighted by Crippen LogP contribution is 2.56. The van der Waals surface area contributed by atoms with Crippen LogP contribution in [-0.2, 0) is 16.7 Å². The molecule has 30 heavy (non-hydrogen) atoms. The Morgan fingerprint density at radius 1 is 1.33 bits per heavy atom. The molecule has 0 radical (unpaired) electrons. The van der Waals surface area contributed by atoms with Crippen molar-refractivity contribution < 1.29 is 22.7 Å². The number of nitrogens with two attached hydrogens (primary N) is 1. The van der Waals surface area contributed by atoms with E-state index in [0.717, 1.165) is 11.6 Å². The Labute approximate surface area is 172 Å². The van der Waals surface area contributed by atoms with Gasteiger partial charge < -0.3 is 10.5 Å². The molecule has 1 aromatic carbocycles. The molecule has 1 aliphatic heterocycles. The molecule has 1 aliphatic carbocycles. The van der Waals surface area contributed by atoms with E-state index in [0.29, 0.717) is 17.7 Å². The molecule has 2 heterocycles. The first-order valence-corrected chi connectivity index (χ1v) is 9.81. The Morgan fingerprint density at radius 2 is 2.10 bits per heavy atom. The van der Waals surface area contributed by atoms with Crippen LogP contribution in [0.5, 0.6) is 0 Å². The molecule has 0 bridgehead atoms. The molecule has 0 unspecified atom stereocenters. The van der Waals surface area contributed by atoms with Crippen molar-refractivity contribution in [3.63, 3.8) is 0 Å². The van der Waals surface area contributed by atoms with E-state index < -0.39 is 29.8 Å². The molecular weight excluding hydrogens is 395 g/mol. The Hall–Kier alpha value is -2.90. The number of Topliss-reactive ketones (excluding diaryl/α,β-unsaturated/α-hetero) is 1. The van der Waals surface area contributed by atoms with Crippen LogP contribution >= 0.6 is 0 Å². The molecule has 1 saturated carbocycles. The molecule has 4 rings (SSSR count). The first-order valence-electron chi connectivity index (χ1n) is 9.81. The number of rotatable bonds is 6. The number of hydrogen-bond donors (Lipinski definition) is 1. The minimum absolute atomic E-state index is 0.0902. The lowest BCUT2D eigenvalue weighted by atomic mass is 9.83. The summed E-state index contributed by atoms with van der Waals surface area (Å²) in [7, 11) is 0. The van der Waals surface area contributed by atoms with Gasteiger partial charge in [-0.2, -0.15) is 0 Å². The summed E-state index contributed by atoms with van der Waals surface area (Å²) in [4.78, 5) is 20.9. The molecule has 5 nitrogen and oxygen atoms in total. The fourth-order valence-corrected chi connectivity index (χ4v) is 4.17. The smallest absolute Gasteiger partial charge is 0.283 e. The van der Waals surface area contributed by atoms with Crippen LogP contribution < -0.4 is 5.73 Å². The minimum Gasteiger partial charge on any atom is -0.462 e.